The van der Waals surface area contributed by atoms with E-state index in [4.69, 9.17) is 9.72 Å². The number of anilines is 1. The lowest BCUT2D eigenvalue weighted by Gasteiger charge is -2.50. The van der Waals surface area contributed by atoms with Crippen LogP contribution in [-0.4, -0.2) is 101 Å². The van der Waals surface area contributed by atoms with Gasteiger partial charge in [-0.15, -0.1) is 0 Å². The molecule has 258 valence electrons. The highest BCUT2D eigenvalue weighted by atomic mass is 16.5. The second-order valence-electron chi connectivity index (χ2n) is 15.4. The van der Waals surface area contributed by atoms with Crippen molar-refractivity contribution in [1.29, 1.82) is 0 Å². The van der Waals surface area contributed by atoms with Crippen molar-refractivity contribution < 1.29 is 19.1 Å². The SMILES string of the molecule is CCCCCCCCO[C@H](C)[C@H](NC(=O)[C@@H]1CN(c2nccc3cn[nH]c23)CC12CN(C(=O)[C@H]1CC1(C)C)C2)C(=O)N1CCCCC1. The van der Waals surface area contributed by atoms with Gasteiger partial charge in [0.1, 0.15) is 11.6 Å². The molecule has 4 aliphatic rings. The van der Waals surface area contributed by atoms with Crippen LogP contribution in [0.1, 0.15) is 91.9 Å². The van der Waals surface area contributed by atoms with Crippen LogP contribution in [0.15, 0.2) is 18.5 Å². The highest BCUT2D eigenvalue weighted by molar-refractivity contribution is 5.92. The summed E-state index contributed by atoms with van der Waals surface area (Å²) in [7, 11) is 0. The molecule has 0 unspecified atom stereocenters. The third-order valence-electron chi connectivity index (χ3n) is 11.3. The molecule has 2 aromatic heterocycles. The fourth-order valence-corrected chi connectivity index (χ4v) is 8.08. The number of hydrogen-bond acceptors (Lipinski definition) is 7. The number of rotatable bonds is 14. The van der Waals surface area contributed by atoms with Crippen LogP contribution in [-0.2, 0) is 19.1 Å². The van der Waals surface area contributed by atoms with Gasteiger partial charge in [0.15, 0.2) is 5.82 Å². The molecule has 1 aliphatic carbocycles. The van der Waals surface area contributed by atoms with E-state index in [1.165, 1.54) is 25.7 Å². The number of aromatic nitrogens is 3. The molecular weight excluding hydrogens is 594 g/mol. The maximum Gasteiger partial charge on any atom is 0.247 e. The largest absolute Gasteiger partial charge is 0.376 e. The van der Waals surface area contributed by atoms with Crippen molar-refractivity contribution in [2.24, 2.45) is 22.7 Å². The van der Waals surface area contributed by atoms with Crippen molar-refractivity contribution in [3.8, 4) is 0 Å². The van der Waals surface area contributed by atoms with Crippen molar-refractivity contribution >= 4 is 34.4 Å². The Morgan fingerprint density at radius 1 is 1.02 bits per heavy atom. The molecule has 3 amide bonds. The Bertz CT molecular complexity index is 1410. The molecule has 3 saturated heterocycles. The van der Waals surface area contributed by atoms with E-state index >= 15 is 0 Å². The molecule has 11 nitrogen and oxygen atoms in total. The lowest BCUT2D eigenvalue weighted by molar-refractivity contribution is -0.152. The fourth-order valence-electron chi connectivity index (χ4n) is 8.08. The number of fused-ring (bicyclic) bond motifs is 1. The first-order valence-electron chi connectivity index (χ1n) is 18.2. The molecule has 4 atom stereocenters. The number of hydrogen-bond donors (Lipinski definition) is 2. The predicted molar refractivity (Wildman–Crippen MR) is 182 cm³/mol. The average molecular weight is 650 g/mol. The maximum atomic E-state index is 14.4. The minimum Gasteiger partial charge on any atom is -0.376 e. The normalized spacial score (nSPS) is 24.3. The van der Waals surface area contributed by atoms with Crippen LogP contribution in [0.3, 0.4) is 0 Å². The topological polar surface area (TPSA) is 124 Å². The summed E-state index contributed by atoms with van der Waals surface area (Å²) in [4.78, 5) is 52.5. The van der Waals surface area contributed by atoms with Gasteiger partial charge in [0, 0.05) is 68.8 Å². The fraction of sp³-hybridized carbons (Fsp3) is 0.750. The molecule has 11 heteroatoms. The van der Waals surface area contributed by atoms with Gasteiger partial charge in [-0.3, -0.25) is 19.5 Å². The zero-order valence-corrected chi connectivity index (χ0v) is 28.9. The maximum absolute atomic E-state index is 14.4. The van der Waals surface area contributed by atoms with Crippen LogP contribution in [0.2, 0.25) is 0 Å². The smallest absolute Gasteiger partial charge is 0.247 e. The molecule has 2 aromatic rings. The number of unbranched alkanes of at least 4 members (excludes halogenated alkanes) is 5. The number of carbonyl (C=O) groups excluding carboxylic acids is 3. The van der Waals surface area contributed by atoms with Gasteiger partial charge in [-0.05, 0) is 50.5 Å². The van der Waals surface area contributed by atoms with Crippen LogP contribution in [0.5, 0.6) is 0 Å². The van der Waals surface area contributed by atoms with Gasteiger partial charge in [0.2, 0.25) is 17.7 Å². The number of ether oxygens (including phenoxy) is 1. The number of H-pyrrole nitrogens is 1. The molecule has 1 saturated carbocycles. The monoisotopic (exact) mass is 649 g/mol. The number of carbonyl (C=O) groups is 3. The summed E-state index contributed by atoms with van der Waals surface area (Å²) in [5, 5.41) is 11.5. The van der Waals surface area contributed by atoms with Crippen molar-refractivity contribution in [2.45, 2.75) is 104 Å². The first-order chi connectivity index (χ1) is 22.6. The van der Waals surface area contributed by atoms with Crippen LogP contribution >= 0.6 is 0 Å². The Hall–Kier alpha value is -3.21. The molecule has 0 radical (unpaired) electrons. The number of nitrogens with zero attached hydrogens (tertiary/aromatic N) is 5. The third kappa shape index (κ3) is 7.15. The van der Waals surface area contributed by atoms with Gasteiger partial charge < -0.3 is 24.8 Å². The molecule has 3 aliphatic heterocycles. The first-order valence-corrected chi connectivity index (χ1v) is 18.2. The second-order valence-corrected chi connectivity index (χ2v) is 15.4. The number of aromatic amines is 1. The summed E-state index contributed by atoms with van der Waals surface area (Å²) >= 11 is 0. The first kappa shape index (κ1) is 33.7. The van der Waals surface area contributed by atoms with Gasteiger partial charge >= 0.3 is 0 Å². The summed E-state index contributed by atoms with van der Waals surface area (Å²) in [5.41, 5.74) is 0.460. The number of pyridine rings is 1. The molecule has 5 heterocycles. The van der Waals surface area contributed by atoms with E-state index in [0.29, 0.717) is 45.9 Å². The molecule has 47 heavy (non-hydrogen) atoms. The van der Waals surface area contributed by atoms with E-state index in [0.717, 1.165) is 55.2 Å². The van der Waals surface area contributed by atoms with Gasteiger partial charge in [-0.1, -0.05) is 52.9 Å². The molecule has 0 aromatic carbocycles. The van der Waals surface area contributed by atoms with E-state index in [-0.39, 0.29) is 29.1 Å². The zero-order valence-electron chi connectivity index (χ0n) is 28.9. The number of likely N-dealkylation sites (tertiary alicyclic amines) is 2. The average Bonchev–Trinajstić information content (AvgIpc) is 3.38. The van der Waals surface area contributed by atoms with Gasteiger partial charge in [0.25, 0.3) is 0 Å². The number of nitrogens with one attached hydrogen (secondary N) is 2. The van der Waals surface area contributed by atoms with Crippen molar-refractivity contribution in [3.63, 3.8) is 0 Å². The van der Waals surface area contributed by atoms with E-state index in [2.05, 4.69) is 41.2 Å². The summed E-state index contributed by atoms with van der Waals surface area (Å²) in [6.45, 7) is 12.5. The van der Waals surface area contributed by atoms with Crippen molar-refractivity contribution in [2.75, 3.05) is 50.8 Å². The Labute approximate surface area is 279 Å². The number of piperidine rings is 1. The molecule has 2 N–H and O–H groups in total. The molecular formula is C36H55N7O4. The summed E-state index contributed by atoms with van der Waals surface area (Å²) in [5.74, 6) is 0.403. The predicted octanol–water partition coefficient (Wildman–Crippen LogP) is 4.53. The van der Waals surface area contributed by atoms with E-state index < -0.39 is 23.5 Å². The second kappa shape index (κ2) is 14.1. The van der Waals surface area contributed by atoms with Gasteiger partial charge in [0.05, 0.1) is 18.2 Å². The minimum atomic E-state index is -0.758. The molecule has 0 bridgehead atoms. The van der Waals surface area contributed by atoms with Gasteiger partial charge in [-0.25, -0.2) is 4.98 Å². The van der Waals surface area contributed by atoms with E-state index in [1.54, 1.807) is 12.4 Å². The highest BCUT2D eigenvalue weighted by Crippen LogP contribution is 2.55. The van der Waals surface area contributed by atoms with E-state index in [9.17, 15) is 14.4 Å². The minimum absolute atomic E-state index is 0.0478. The lowest BCUT2D eigenvalue weighted by atomic mass is 9.70. The van der Waals surface area contributed by atoms with Crippen LogP contribution in [0.25, 0.3) is 10.9 Å². The van der Waals surface area contributed by atoms with Crippen molar-refractivity contribution in [1.82, 2.24) is 30.3 Å². The standard InChI is InChI=1S/C36H55N7O4/c1-5-6-7-8-9-13-18-47-25(2)29(34(46)41-16-11-10-12-17-41)39-32(44)28-21-42(31-30-26(14-15-37-31)20-38-40-30)22-36(28)23-43(24-36)33(45)27-19-35(27,3)4/h14-15,20,25,27-29H,5-13,16-19,21-24H2,1-4H3,(H,38,40)(H,39,44)/t25-,27-,28+,29+/m1/s1. The summed E-state index contributed by atoms with van der Waals surface area (Å²) in [6.07, 6.45) is 14.1. The third-order valence-corrected chi connectivity index (χ3v) is 11.3. The van der Waals surface area contributed by atoms with Crippen molar-refractivity contribution in [3.05, 3.63) is 18.5 Å². The molecule has 6 rings (SSSR count). The summed E-state index contributed by atoms with van der Waals surface area (Å²) in [6, 6.07) is 1.16. The Kier molecular flexibility index (Phi) is 10.1. The van der Waals surface area contributed by atoms with Gasteiger partial charge in [-0.2, -0.15) is 5.10 Å². The van der Waals surface area contributed by atoms with E-state index in [1.807, 2.05) is 22.8 Å². The molecule has 4 fully saturated rings. The van der Waals surface area contributed by atoms with Crippen LogP contribution in [0.4, 0.5) is 5.82 Å². The Morgan fingerprint density at radius 3 is 2.47 bits per heavy atom. The number of amides is 3. The van der Waals surface area contributed by atoms with Crippen LogP contribution in [0, 0.1) is 22.7 Å². The highest BCUT2D eigenvalue weighted by Gasteiger charge is 2.61. The molecule has 1 spiro atoms. The quantitative estimate of drug-likeness (QED) is 0.288. The summed E-state index contributed by atoms with van der Waals surface area (Å²) < 4.78 is 6.26. The Balaban J connectivity index is 1.18. The van der Waals surface area contributed by atoms with Crippen LogP contribution < -0.4 is 10.2 Å². The Morgan fingerprint density at radius 2 is 1.74 bits per heavy atom. The lowest BCUT2D eigenvalue weighted by Crippen LogP contribution is -2.65. The zero-order chi connectivity index (χ0) is 33.2.